The Morgan fingerprint density at radius 1 is 0.941 bits per heavy atom. The van der Waals surface area contributed by atoms with Gasteiger partial charge in [-0.25, -0.2) is 0 Å². The lowest BCUT2D eigenvalue weighted by molar-refractivity contribution is -0.143. The maximum absolute atomic E-state index is 12.9. The van der Waals surface area contributed by atoms with Crippen LogP contribution in [-0.2, 0) is 9.59 Å². The molecule has 0 aliphatic carbocycles. The number of thiophene rings is 1. The molecule has 5 rings (SSSR count). The van der Waals surface area contributed by atoms with E-state index in [0.717, 1.165) is 10.4 Å². The van der Waals surface area contributed by atoms with E-state index in [0.29, 0.717) is 44.2 Å². The Morgan fingerprint density at radius 2 is 1.68 bits per heavy atom. The van der Waals surface area contributed by atoms with Crippen molar-refractivity contribution in [1.82, 2.24) is 15.1 Å². The number of benzene rings is 2. The first-order chi connectivity index (χ1) is 16.7. The highest BCUT2D eigenvalue weighted by atomic mass is 32.1. The predicted molar refractivity (Wildman–Crippen MR) is 130 cm³/mol. The number of amides is 2. The van der Waals surface area contributed by atoms with Crippen molar-refractivity contribution in [3.05, 3.63) is 82.6 Å². The first kappa shape index (κ1) is 22.4. The maximum Gasteiger partial charge on any atom is 0.267 e. The van der Waals surface area contributed by atoms with Crippen LogP contribution >= 0.6 is 11.3 Å². The molecule has 176 valence electrons. The minimum absolute atomic E-state index is 0.0253. The highest BCUT2D eigenvalue weighted by Crippen LogP contribution is 2.31. The quantitative estimate of drug-likeness (QED) is 0.591. The molecule has 2 amide bonds. The monoisotopic (exact) mass is 477 g/mol. The molecule has 0 saturated carbocycles. The number of nitrogens with zero attached hydrogens (tertiary/aromatic N) is 2. The van der Waals surface area contributed by atoms with Gasteiger partial charge in [0.1, 0.15) is 6.61 Å². The predicted octanol–water partition coefficient (Wildman–Crippen LogP) is 2.94. The number of para-hydroxylation sites is 2. The van der Waals surface area contributed by atoms with E-state index < -0.39 is 6.10 Å². The number of carbonyl (C=O) groups is 2. The van der Waals surface area contributed by atoms with Crippen LogP contribution in [0.4, 0.5) is 0 Å². The fourth-order valence-electron chi connectivity index (χ4n) is 4.30. The Labute approximate surface area is 202 Å². The highest BCUT2D eigenvalue weighted by Gasteiger charge is 2.33. The van der Waals surface area contributed by atoms with Crippen molar-refractivity contribution in [3.8, 4) is 11.5 Å². The number of fused-ring (bicyclic) bond motifs is 1. The molecule has 1 N–H and O–H groups in total. The molecule has 2 atom stereocenters. The van der Waals surface area contributed by atoms with Crippen LogP contribution in [-0.4, -0.2) is 67.0 Å². The summed E-state index contributed by atoms with van der Waals surface area (Å²) in [6, 6.07) is 21.3. The molecule has 3 heterocycles. The summed E-state index contributed by atoms with van der Waals surface area (Å²) in [5.41, 5.74) is 1.06. The number of rotatable bonds is 6. The lowest BCUT2D eigenvalue weighted by Gasteiger charge is -2.37. The van der Waals surface area contributed by atoms with Crippen LogP contribution in [0.5, 0.6) is 11.5 Å². The lowest BCUT2D eigenvalue weighted by atomic mass is 10.1. The molecule has 1 saturated heterocycles. The standard InChI is InChI=1S/C26H27N3O4S/c30-24(27-25(23-11-6-16-34-23)19-7-2-1-3-8-19)17-28-12-14-29(15-13-28)26(31)22-18-32-20-9-4-5-10-21(20)33-22/h1-11,16,22,25H,12-15,17-18H2,(H,27,30)/t22-,25-/m0/s1. The maximum atomic E-state index is 12.9. The molecule has 0 spiro atoms. The smallest absolute Gasteiger partial charge is 0.267 e. The molecule has 7 nitrogen and oxygen atoms in total. The number of ether oxygens (including phenoxy) is 2. The van der Waals surface area contributed by atoms with Crippen LogP contribution in [0, 0.1) is 0 Å². The molecule has 3 aromatic rings. The van der Waals surface area contributed by atoms with Gasteiger partial charge in [0, 0.05) is 31.1 Å². The van der Waals surface area contributed by atoms with Crippen LogP contribution in [0.1, 0.15) is 16.5 Å². The molecule has 0 bridgehead atoms. The van der Waals surface area contributed by atoms with E-state index in [1.165, 1.54) is 0 Å². The third kappa shape index (κ3) is 5.08. The summed E-state index contributed by atoms with van der Waals surface area (Å²) in [5, 5.41) is 5.21. The fourth-order valence-corrected chi connectivity index (χ4v) is 5.10. The number of piperazine rings is 1. The van der Waals surface area contributed by atoms with Crippen LogP contribution in [0.25, 0.3) is 0 Å². The average Bonchev–Trinajstić information content (AvgIpc) is 3.42. The summed E-state index contributed by atoms with van der Waals surface area (Å²) in [6.07, 6.45) is -0.637. The largest absolute Gasteiger partial charge is 0.485 e. The Morgan fingerprint density at radius 3 is 2.41 bits per heavy atom. The molecular weight excluding hydrogens is 450 g/mol. The van der Waals surface area contributed by atoms with E-state index in [2.05, 4.69) is 10.2 Å². The number of hydrogen-bond acceptors (Lipinski definition) is 6. The SMILES string of the molecule is O=C(CN1CCN(C(=O)[C@@H]2COc3ccccc3O2)CC1)N[C@@H](c1ccccc1)c1cccs1. The van der Waals surface area contributed by atoms with Gasteiger partial charge in [-0.05, 0) is 29.1 Å². The summed E-state index contributed by atoms with van der Waals surface area (Å²) in [6.45, 7) is 2.90. The molecule has 2 aromatic carbocycles. The van der Waals surface area contributed by atoms with Gasteiger partial charge in [0.25, 0.3) is 5.91 Å². The minimum atomic E-state index is -0.637. The first-order valence-corrected chi connectivity index (χ1v) is 12.3. The second-order valence-corrected chi connectivity index (χ2v) is 9.37. The lowest BCUT2D eigenvalue weighted by Crippen LogP contribution is -2.55. The number of nitrogens with one attached hydrogen (secondary N) is 1. The zero-order valence-electron chi connectivity index (χ0n) is 18.8. The second kappa shape index (κ2) is 10.3. The van der Waals surface area contributed by atoms with Gasteiger partial charge in [-0.2, -0.15) is 0 Å². The van der Waals surface area contributed by atoms with Gasteiger partial charge in [-0.15, -0.1) is 11.3 Å². The summed E-state index contributed by atoms with van der Waals surface area (Å²) >= 11 is 1.63. The minimum Gasteiger partial charge on any atom is -0.485 e. The molecule has 2 aliphatic rings. The first-order valence-electron chi connectivity index (χ1n) is 11.4. The van der Waals surface area contributed by atoms with Gasteiger partial charge in [0.05, 0.1) is 12.6 Å². The van der Waals surface area contributed by atoms with E-state index in [1.807, 2.05) is 72.1 Å². The zero-order valence-corrected chi connectivity index (χ0v) is 19.6. The van der Waals surface area contributed by atoms with Crippen LogP contribution < -0.4 is 14.8 Å². The molecular formula is C26H27N3O4S. The second-order valence-electron chi connectivity index (χ2n) is 8.39. The van der Waals surface area contributed by atoms with Gasteiger partial charge in [-0.1, -0.05) is 48.5 Å². The Hall–Kier alpha value is -3.36. The molecule has 1 fully saturated rings. The van der Waals surface area contributed by atoms with Crippen LogP contribution in [0.2, 0.25) is 0 Å². The van der Waals surface area contributed by atoms with Gasteiger partial charge in [0.15, 0.2) is 11.5 Å². The van der Waals surface area contributed by atoms with E-state index in [1.54, 1.807) is 16.2 Å². The van der Waals surface area contributed by atoms with Crippen LogP contribution in [0.3, 0.4) is 0 Å². The fraction of sp³-hybridized carbons (Fsp3) is 0.308. The van der Waals surface area contributed by atoms with E-state index in [9.17, 15) is 9.59 Å². The molecule has 8 heteroatoms. The average molecular weight is 478 g/mol. The van der Waals surface area contributed by atoms with E-state index in [4.69, 9.17) is 9.47 Å². The molecule has 1 aromatic heterocycles. The van der Waals surface area contributed by atoms with Crippen molar-refractivity contribution in [2.24, 2.45) is 0 Å². The summed E-state index contributed by atoms with van der Waals surface area (Å²) in [4.78, 5) is 30.8. The Kier molecular flexibility index (Phi) is 6.78. The highest BCUT2D eigenvalue weighted by molar-refractivity contribution is 7.10. The summed E-state index contributed by atoms with van der Waals surface area (Å²) < 4.78 is 11.6. The van der Waals surface area contributed by atoms with Crippen molar-refractivity contribution in [3.63, 3.8) is 0 Å². The molecule has 2 aliphatic heterocycles. The molecule has 0 radical (unpaired) electrons. The van der Waals surface area contributed by atoms with Crippen molar-refractivity contribution >= 4 is 23.2 Å². The van der Waals surface area contributed by atoms with E-state index >= 15 is 0 Å². The third-order valence-electron chi connectivity index (χ3n) is 6.10. The van der Waals surface area contributed by atoms with Crippen LogP contribution in [0.15, 0.2) is 72.1 Å². The molecule has 0 unspecified atom stereocenters. The number of hydrogen-bond donors (Lipinski definition) is 1. The molecule has 34 heavy (non-hydrogen) atoms. The van der Waals surface area contributed by atoms with Crippen molar-refractivity contribution in [1.29, 1.82) is 0 Å². The van der Waals surface area contributed by atoms with Crippen molar-refractivity contribution < 1.29 is 19.1 Å². The van der Waals surface area contributed by atoms with Gasteiger partial charge in [-0.3, -0.25) is 14.5 Å². The zero-order chi connectivity index (χ0) is 23.3. The Balaban J connectivity index is 1.13. The number of carbonyl (C=O) groups excluding carboxylic acids is 2. The third-order valence-corrected chi connectivity index (χ3v) is 7.04. The van der Waals surface area contributed by atoms with Crippen molar-refractivity contribution in [2.45, 2.75) is 12.1 Å². The normalized spacial score (nSPS) is 18.8. The van der Waals surface area contributed by atoms with Gasteiger partial charge >= 0.3 is 0 Å². The van der Waals surface area contributed by atoms with Crippen molar-refractivity contribution in [2.75, 3.05) is 39.3 Å². The topological polar surface area (TPSA) is 71.1 Å². The summed E-state index contributed by atoms with van der Waals surface area (Å²) in [5.74, 6) is 1.17. The Bertz CT molecular complexity index is 1110. The summed E-state index contributed by atoms with van der Waals surface area (Å²) in [7, 11) is 0. The van der Waals surface area contributed by atoms with E-state index in [-0.39, 0.29) is 24.5 Å². The van der Waals surface area contributed by atoms with Gasteiger partial charge < -0.3 is 19.7 Å². The van der Waals surface area contributed by atoms with Gasteiger partial charge in [0.2, 0.25) is 12.0 Å².